The number of nitrogens with zero attached hydrogens (tertiary/aromatic N) is 2. The van der Waals surface area contributed by atoms with Gasteiger partial charge in [0.1, 0.15) is 10.6 Å². The maximum absolute atomic E-state index is 13.7. The average Bonchev–Trinajstić information content (AvgIpc) is 3.16. The number of carbonyl (C=O) groups is 2. The molecule has 0 bridgehead atoms. The molecule has 0 fully saturated rings. The number of aryl methyl sites for hydroxylation is 2. The summed E-state index contributed by atoms with van der Waals surface area (Å²) in [7, 11) is 1.54. The summed E-state index contributed by atoms with van der Waals surface area (Å²) in [4.78, 5) is 44.2. The number of imide groups is 1. The first-order valence-electron chi connectivity index (χ1n) is 10.3. The third-order valence-corrected chi connectivity index (χ3v) is 7.26. The Balaban J connectivity index is 1.79. The molecule has 0 atom stereocenters. The Morgan fingerprint density at radius 3 is 2.81 bits per heavy atom. The minimum Gasteiger partial charge on any atom is -0.495 e. The van der Waals surface area contributed by atoms with Crippen molar-refractivity contribution < 1.29 is 19.1 Å². The molecule has 2 amide bonds. The van der Waals surface area contributed by atoms with Crippen LogP contribution in [0.4, 0.5) is 4.79 Å². The average molecular weight is 474 g/mol. The van der Waals surface area contributed by atoms with Gasteiger partial charge >= 0.3 is 6.09 Å². The van der Waals surface area contributed by atoms with Gasteiger partial charge in [0.15, 0.2) is 5.16 Å². The quantitative estimate of drug-likeness (QED) is 0.430. The van der Waals surface area contributed by atoms with Crippen molar-refractivity contribution in [2.45, 2.75) is 37.8 Å². The Labute approximate surface area is 192 Å². The van der Waals surface area contributed by atoms with E-state index in [1.165, 1.54) is 9.44 Å². The van der Waals surface area contributed by atoms with Crippen LogP contribution in [0.5, 0.6) is 5.75 Å². The summed E-state index contributed by atoms with van der Waals surface area (Å²) in [6.45, 7) is 1.82. The van der Waals surface area contributed by atoms with Crippen molar-refractivity contribution in [1.82, 2.24) is 14.9 Å². The predicted octanol–water partition coefficient (Wildman–Crippen LogP) is 3.70. The highest BCUT2D eigenvalue weighted by molar-refractivity contribution is 7.99. The van der Waals surface area contributed by atoms with E-state index < -0.39 is 12.0 Å². The van der Waals surface area contributed by atoms with Crippen LogP contribution in [-0.4, -0.2) is 41.0 Å². The number of methoxy groups -OCH3 is 1. The van der Waals surface area contributed by atoms with E-state index in [1.807, 2.05) is 12.1 Å². The lowest BCUT2D eigenvalue weighted by Gasteiger charge is -2.15. The fourth-order valence-electron chi connectivity index (χ4n) is 3.76. The normalized spacial score (nSPS) is 12.9. The number of fused-ring (bicyclic) bond motifs is 3. The minimum absolute atomic E-state index is 0.100. The molecule has 1 aromatic carbocycles. The molecule has 10 heteroatoms. The fraction of sp³-hybridized carbons (Fsp3) is 0.364. The van der Waals surface area contributed by atoms with Gasteiger partial charge in [0, 0.05) is 4.88 Å². The standard InChI is InChI=1S/C22H23N3O5S2/c1-3-30-22(28)23-17(26)12-31-21-24-19-18(13-8-4-7-11-16(13)32-19)20(27)25(21)14-9-5-6-10-15(14)29-2/h5-6,9-10H,3-4,7-8,11-12H2,1-2H3,(H,23,26,28). The van der Waals surface area contributed by atoms with Crippen LogP contribution in [0.15, 0.2) is 34.2 Å². The Hall–Kier alpha value is -2.85. The van der Waals surface area contributed by atoms with Crippen LogP contribution >= 0.6 is 23.1 Å². The van der Waals surface area contributed by atoms with Crippen molar-refractivity contribution >= 4 is 45.3 Å². The van der Waals surface area contributed by atoms with Gasteiger partial charge in [0.25, 0.3) is 5.56 Å². The van der Waals surface area contributed by atoms with Crippen LogP contribution in [-0.2, 0) is 22.4 Å². The van der Waals surface area contributed by atoms with E-state index in [0.29, 0.717) is 26.8 Å². The van der Waals surface area contributed by atoms with Crippen LogP contribution in [0.2, 0.25) is 0 Å². The van der Waals surface area contributed by atoms with E-state index in [4.69, 9.17) is 14.5 Å². The summed E-state index contributed by atoms with van der Waals surface area (Å²) in [5, 5.41) is 3.18. The Morgan fingerprint density at radius 1 is 1.25 bits per heavy atom. The van der Waals surface area contributed by atoms with Gasteiger partial charge in [-0.25, -0.2) is 9.78 Å². The molecule has 8 nitrogen and oxygen atoms in total. The molecule has 0 radical (unpaired) electrons. The number of aromatic nitrogens is 2. The molecule has 1 N–H and O–H groups in total. The first kappa shape index (κ1) is 22.3. The highest BCUT2D eigenvalue weighted by atomic mass is 32.2. The number of hydrogen-bond acceptors (Lipinski definition) is 8. The van der Waals surface area contributed by atoms with Crippen molar-refractivity contribution in [3.8, 4) is 11.4 Å². The molecule has 3 aromatic rings. The second kappa shape index (κ2) is 9.74. The van der Waals surface area contributed by atoms with Crippen LogP contribution in [0, 0.1) is 0 Å². The zero-order chi connectivity index (χ0) is 22.7. The highest BCUT2D eigenvalue weighted by Crippen LogP contribution is 2.36. The number of carbonyl (C=O) groups excluding carboxylic acids is 2. The summed E-state index contributed by atoms with van der Waals surface area (Å²) in [6, 6.07) is 7.21. The SMILES string of the molecule is CCOC(=O)NC(=O)CSc1nc2sc3c(c2c(=O)n1-c1ccccc1OC)CCCC3. The van der Waals surface area contributed by atoms with Crippen molar-refractivity contribution in [1.29, 1.82) is 0 Å². The van der Waals surface area contributed by atoms with Gasteiger partial charge in [0.05, 0.1) is 30.5 Å². The number of thioether (sulfide) groups is 1. The molecule has 4 rings (SSSR count). The van der Waals surface area contributed by atoms with E-state index >= 15 is 0 Å². The minimum atomic E-state index is -0.797. The predicted molar refractivity (Wildman–Crippen MR) is 124 cm³/mol. The molecule has 2 aromatic heterocycles. The molecule has 0 aliphatic heterocycles. The molecule has 168 valence electrons. The maximum atomic E-state index is 13.7. The van der Waals surface area contributed by atoms with Crippen molar-refractivity contribution in [2.24, 2.45) is 0 Å². The van der Waals surface area contributed by atoms with Crippen LogP contribution in [0.25, 0.3) is 15.9 Å². The molecule has 1 aliphatic rings. The van der Waals surface area contributed by atoms with Crippen molar-refractivity contribution in [2.75, 3.05) is 19.5 Å². The zero-order valence-corrected chi connectivity index (χ0v) is 19.4. The van der Waals surface area contributed by atoms with Gasteiger partial charge in [-0.2, -0.15) is 0 Å². The Kier molecular flexibility index (Phi) is 6.80. The van der Waals surface area contributed by atoms with Gasteiger partial charge < -0.3 is 9.47 Å². The first-order valence-corrected chi connectivity index (χ1v) is 12.1. The molecule has 0 unspecified atom stereocenters. The van der Waals surface area contributed by atoms with Crippen molar-refractivity contribution in [3.05, 3.63) is 45.1 Å². The summed E-state index contributed by atoms with van der Waals surface area (Å²) in [5.74, 6) is -0.102. The number of amides is 2. The summed E-state index contributed by atoms with van der Waals surface area (Å²) >= 11 is 2.64. The third kappa shape index (κ3) is 4.37. The number of rotatable bonds is 6. The molecule has 0 spiro atoms. The van der Waals surface area contributed by atoms with Gasteiger partial charge in [0.2, 0.25) is 5.91 Å². The number of alkyl carbamates (subject to hydrolysis) is 1. The van der Waals surface area contributed by atoms with Gasteiger partial charge in [-0.3, -0.25) is 19.5 Å². The molecule has 1 aliphatic carbocycles. The van der Waals surface area contributed by atoms with E-state index in [2.05, 4.69) is 5.32 Å². The maximum Gasteiger partial charge on any atom is 0.413 e. The smallest absolute Gasteiger partial charge is 0.413 e. The molecule has 2 heterocycles. The molecular weight excluding hydrogens is 450 g/mol. The lowest BCUT2D eigenvalue weighted by atomic mass is 9.97. The van der Waals surface area contributed by atoms with Crippen LogP contribution < -0.4 is 15.6 Å². The summed E-state index contributed by atoms with van der Waals surface area (Å²) in [6.07, 6.45) is 3.18. The third-order valence-electron chi connectivity index (χ3n) is 5.13. The molecule has 32 heavy (non-hydrogen) atoms. The monoisotopic (exact) mass is 473 g/mol. The first-order chi connectivity index (χ1) is 15.5. The summed E-state index contributed by atoms with van der Waals surface area (Å²) in [5.41, 5.74) is 1.47. The molecule has 0 saturated carbocycles. The lowest BCUT2D eigenvalue weighted by Crippen LogP contribution is -2.32. The fourth-order valence-corrected chi connectivity index (χ4v) is 5.87. The van der Waals surface area contributed by atoms with E-state index in [1.54, 1.807) is 37.5 Å². The number of thiophene rings is 1. The second-order valence-electron chi connectivity index (χ2n) is 7.16. The Morgan fingerprint density at radius 2 is 2.03 bits per heavy atom. The Bertz CT molecular complexity index is 1230. The second-order valence-corrected chi connectivity index (χ2v) is 9.18. The zero-order valence-electron chi connectivity index (χ0n) is 17.8. The molecular formula is C22H23N3O5S2. The van der Waals surface area contributed by atoms with Gasteiger partial charge in [-0.1, -0.05) is 23.9 Å². The number of hydrogen-bond donors (Lipinski definition) is 1. The highest BCUT2D eigenvalue weighted by Gasteiger charge is 2.24. The van der Waals surface area contributed by atoms with Crippen molar-refractivity contribution in [3.63, 3.8) is 0 Å². The number of nitrogens with one attached hydrogen (secondary N) is 1. The topological polar surface area (TPSA) is 99.5 Å². The number of benzene rings is 1. The van der Waals surface area contributed by atoms with Crippen LogP contribution in [0.1, 0.15) is 30.2 Å². The summed E-state index contributed by atoms with van der Waals surface area (Å²) < 4.78 is 11.7. The van der Waals surface area contributed by atoms with Gasteiger partial charge in [-0.15, -0.1) is 11.3 Å². The van der Waals surface area contributed by atoms with E-state index in [9.17, 15) is 14.4 Å². The largest absolute Gasteiger partial charge is 0.495 e. The number of ether oxygens (including phenoxy) is 2. The van der Waals surface area contributed by atoms with E-state index in [0.717, 1.165) is 43.0 Å². The molecule has 0 saturated heterocycles. The van der Waals surface area contributed by atoms with Crippen LogP contribution in [0.3, 0.4) is 0 Å². The lowest BCUT2D eigenvalue weighted by molar-refractivity contribution is -0.117. The van der Waals surface area contributed by atoms with Gasteiger partial charge in [-0.05, 0) is 50.3 Å². The van der Waals surface area contributed by atoms with E-state index in [-0.39, 0.29) is 17.9 Å². The number of para-hydroxylation sites is 2.